The van der Waals surface area contributed by atoms with E-state index in [-0.39, 0.29) is 0 Å². The summed E-state index contributed by atoms with van der Waals surface area (Å²) in [7, 11) is 0. The second-order valence-electron chi connectivity index (χ2n) is 6.70. The standard InChI is InChI=1S/C22H17N5/c1-2-16-9-11-19-22(25-16)27(17-10-8-14-5-3-6-15(14)13-17)21(26-19)18-7-4-12-24-20(18)23/h1,4,7-13H,3,5-6H2,(H2,23,24). The van der Waals surface area contributed by atoms with Gasteiger partial charge >= 0.3 is 0 Å². The van der Waals surface area contributed by atoms with Crippen LogP contribution >= 0.6 is 0 Å². The van der Waals surface area contributed by atoms with Gasteiger partial charge in [-0.3, -0.25) is 4.57 Å². The molecular formula is C22H17N5. The van der Waals surface area contributed by atoms with Gasteiger partial charge in [-0.2, -0.15) is 0 Å². The lowest BCUT2D eigenvalue weighted by molar-refractivity contribution is 0.911. The smallest absolute Gasteiger partial charge is 0.166 e. The highest BCUT2D eigenvalue weighted by Crippen LogP contribution is 2.32. The number of nitrogen functional groups attached to an aromatic ring is 1. The normalized spacial score (nSPS) is 12.9. The van der Waals surface area contributed by atoms with Gasteiger partial charge in [-0.15, -0.1) is 6.42 Å². The third-order valence-electron chi connectivity index (χ3n) is 5.07. The summed E-state index contributed by atoms with van der Waals surface area (Å²) in [5.41, 5.74) is 12.8. The number of imidazole rings is 1. The van der Waals surface area contributed by atoms with E-state index in [0.29, 0.717) is 11.5 Å². The summed E-state index contributed by atoms with van der Waals surface area (Å²) < 4.78 is 2.03. The molecule has 0 unspecified atom stereocenters. The Morgan fingerprint density at radius 3 is 2.78 bits per heavy atom. The fraction of sp³-hybridized carbons (Fsp3) is 0.136. The zero-order chi connectivity index (χ0) is 18.4. The van der Waals surface area contributed by atoms with E-state index in [1.165, 1.54) is 17.5 Å². The van der Waals surface area contributed by atoms with Crippen LogP contribution in [0.25, 0.3) is 28.2 Å². The van der Waals surface area contributed by atoms with Gasteiger partial charge in [-0.05, 0) is 66.8 Å². The van der Waals surface area contributed by atoms with Gasteiger partial charge in [0.15, 0.2) is 11.5 Å². The summed E-state index contributed by atoms with van der Waals surface area (Å²) >= 11 is 0. The number of nitrogens with zero attached hydrogens (tertiary/aromatic N) is 4. The number of fused-ring (bicyclic) bond motifs is 2. The van der Waals surface area contributed by atoms with Crippen molar-refractivity contribution >= 4 is 17.0 Å². The second-order valence-corrected chi connectivity index (χ2v) is 6.70. The number of aryl methyl sites for hydroxylation is 2. The lowest BCUT2D eigenvalue weighted by Crippen LogP contribution is -2.03. The van der Waals surface area contributed by atoms with Crippen molar-refractivity contribution in [3.63, 3.8) is 0 Å². The van der Waals surface area contributed by atoms with Crippen molar-refractivity contribution in [2.75, 3.05) is 5.73 Å². The maximum atomic E-state index is 6.15. The molecular weight excluding hydrogens is 334 g/mol. The number of anilines is 1. The largest absolute Gasteiger partial charge is 0.383 e. The first-order valence-corrected chi connectivity index (χ1v) is 8.94. The Labute approximate surface area is 156 Å². The first kappa shape index (κ1) is 15.6. The van der Waals surface area contributed by atoms with E-state index in [4.69, 9.17) is 17.1 Å². The van der Waals surface area contributed by atoms with Crippen LogP contribution in [0.4, 0.5) is 5.82 Å². The zero-order valence-electron chi connectivity index (χ0n) is 14.7. The predicted molar refractivity (Wildman–Crippen MR) is 106 cm³/mol. The highest BCUT2D eigenvalue weighted by atomic mass is 15.1. The van der Waals surface area contributed by atoms with Crippen LogP contribution in [0, 0.1) is 12.3 Å². The highest BCUT2D eigenvalue weighted by molar-refractivity contribution is 5.83. The van der Waals surface area contributed by atoms with Crippen molar-refractivity contribution in [3.05, 3.63) is 65.5 Å². The van der Waals surface area contributed by atoms with Crippen LogP contribution < -0.4 is 5.73 Å². The summed E-state index contributed by atoms with van der Waals surface area (Å²) in [5, 5.41) is 0. The first-order valence-electron chi connectivity index (χ1n) is 8.94. The van der Waals surface area contributed by atoms with Crippen LogP contribution in [0.2, 0.25) is 0 Å². The minimum atomic E-state index is 0.437. The van der Waals surface area contributed by atoms with Gasteiger partial charge in [0.25, 0.3) is 0 Å². The van der Waals surface area contributed by atoms with Crippen LogP contribution in [-0.2, 0) is 12.8 Å². The molecule has 0 spiro atoms. The summed E-state index contributed by atoms with van der Waals surface area (Å²) in [6.45, 7) is 0. The average molecular weight is 351 g/mol. The van der Waals surface area contributed by atoms with E-state index < -0.39 is 0 Å². The number of pyridine rings is 2. The van der Waals surface area contributed by atoms with E-state index in [2.05, 4.69) is 34.1 Å². The molecule has 5 nitrogen and oxygen atoms in total. The molecule has 0 fully saturated rings. The highest BCUT2D eigenvalue weighted by Gasteiger charge is 2.19. The molecule has 0 radical (unpaired) electrons. The van der Waals surface area contributed by atoms with Crippen LogP contribution in [0.15, 0.2) is 48.7 Å². The number of benzene rings is 1. The van der Waals surface area contributed by atoms with Crippen molar-refractivity contribution in [1.82, 2.24) is 19.5 Å². The number of terminal acetylenes is 1. The van der Waals surface area contributed by atoms with E-state index in [1.807, 2.05) is 22.8 Å². The van der Waals surface area contributed by atoms with Gasteiger partial charge < -0.3 is 5.73 Å². The number of rotatable bonds is 2. The monoisotopic (exact) mass is 351 g/mol. The lowest BCUT2D eigenvalue weighted by Gasteiger charge is -2.12. The fourth-order valence-corrected chi connectivity index (χ4v) is 3.77. The van der Waals surface area contributed by atoms with Crippen molar-refractivity contribution in [1.29, 1.82) is 0 Å². The molecule has 1 aliphatic rings. The van der Waals surface area contributed by atoms with Crippen molar-refractivity contribution in [2.45, 2.75) is 19.3 Å². The van der Waals surface area contributed by atoms with Crippen molar-refractivity contribution in [3.8, 4) is 29.4 Å². The third-order valence-corrected chi connectivity index (χ3v) is 5.07. The second kappa shape index (κ2) is 5.96. The Morgan fingerprint density at radius 2 is 1.93 bits per heavy atom. The van der Waals surface area contributed by atoms with Gasteiger partial charge in [0.1, 0.15) is 17.0 Å². The summed E-state index contributed by atoms with van der Waals surface area (Å²) in [6, 6.07) is 14.0. The van der Waals surface area contributed by atoms with Gasteiger partial charge in [-0.25, -0.2) is 15.0 Å². The molecule has 0 saturated carbocycles. The minimum Gasteiger partial charge on any atom is -0.383 e. The minimum absolute atomic E-state index is 0.437. The third kappa shape index (κ3) is 2.46. The molecule has 3 heterocycles. The average Bonchev–Trinajstić information content (AvgIpc) is 3.31. The summed E-state index contributed by atoms with van der Waals surface area (Å²) in [5.74, 6) is 3.77. The van der Waals surface area contributed by atoms with Gasteiger partial charge in [0.05, 0.1) is 5.56 Å². The molecule has 0 amide bonds. The van der Waals surface area contributed by atoms with Crippen LogP contribution in [0.3, 0.4) is 0 Å². The molecule has 1 aromatic carbocycles. The molecule has 0 bridgehead atoms. The van der Waals surface area contributed by atoms with E-state index in [1.54, 1.807) is 12.3 Å². The Balaban J connectivity index is 1.84. The molecule has 1 aliphatic carbocycles. The summed E-state index contributed by atoms with van der Waals surface area (Å²) in [6.07, 6.45) is 10.7. The molecule has 0 saturated heterocycles. The quantitative estimate of drug-likeness (QED) is 0.561. The van der Waals surface area contributed by atoms with Gasteiger partial charge in [0, 0.05) is 11.9 Å². The van der Waals surface area contributed by atoms with E-state index >= 15 is 0 Å². The Bertz CT molecular complexity index is 1230. The SMILES string of the molecule is C#Cc1ccc2nc(-c3cccnc3N)n(-c3ccc4c(c3)CCC4)c2n1. The van der Waals surface area contributed by atoms with E-state index in [0.717, 1.165) is 41.1 Å². The molecule has 4 aromatic rings. The molecule has 27 heavy (non-hydrogen) atoms. The molecule has 5 rings (SSSR count). The molecule has 0 aliphatic heterocycles. The van der Waals surface area contributed by atoms with Crippen LogP contribution in [0.1, 0.15) is 23.2 Å². The zero-order valence-corrected chi connectivity index (χ0v) is 14.7. The number of hydrogen-bond acceptors (Lipinski definition) is 4. The molecule has 0 atom stereocenters. The topological polar surface area (TPSA) is 69.6 Å². The molecule has 3 aromatic heterocycles. The maximum absolute atomic E-state index is 6.15. The van der Waals surface area contributed by atoms with Gasteiger partial charge in [0.2, 0.25) is 0 Å². The Hall–Kier alpha value is -3.65. The maximum Gasteiger partial charge on any atom is 0.166 e. The molecule has 5 heteroatoms. The van der Waals surface area contributed by atoms with Gasteiger partial charge in [-0.1, -0.05) is 12.0 Å². The number of hydrogen-bond donors (Lipinski definition) is 1. The predicted octanol–water partition coefficient (Wildman–Crippen LogP) is 3.53. The first-order chi connectivity index (χ1) is 13.2. The molecule has 2 N–H and O–H groups in total. The summed E-state index contributed by atoms with van der Waals surface area (Å²) in [4.78, 5) is 13.7. The van der Waals surface area contributed by atoms with Crippen molar-refractivity contribution in [2.24, 2.45) is 0 Å². The van der Waals surface area contributed by atoms with E-state index in [9.17, 15) is 0 Å². The lowest BCUT2D eigenvalue weighted by atomic mass is 10.1. The molecule has 130 valence electrons. The number of aromatic nitrogens is 4. The number of nitrogens with two attached hydrogens (primary N) is 1. The Morgan fingerprint density at radius 1 is 1.04 bits per heavy atom. The van der Waals surface area contributed by atoms with Crippen LogP contribution in [-0.4, -0.2) is 19.5 Å². The van der Waals surface area contributed by atoms with Crippen LogP contribution in [0.5, 0.6) is 0 Å². The van der Waals surface area contributed by atoms with Crippen molar-refractivity contribution < 1.29 is 0 Å². The Kier molecular flexibility index (Phi) is 3.44. The fourth-order valence-electron chi connectivity index (χ4n) is 3.77.